The smallest absolute Gasteiger partial charge is 0.258 e. The molecule has 2 aromatic rings. The summed E-state index contributed by atoms with van der Waals surface area (Å²) in [6.45, 7) is 10.3. The van der Waals surface area contributed by atoms with Gasteiger partial charge in [-0.15, -0.1) is 0 Å². The third-order valence-corrected chi connectivity index (χ3v) is 4.35. The largest absolute Gasteiger partial charge is 0.483 e. The first-order chi connectivity index (χ1) is 11.4. The summed E-state index contributed by atoms with van der Waals surface area (Å²) >= 11 is 0. The number of rotatable bonds is 6. The molecule has 0 saturated heterocycles. The summed E-state index contributed by atoms with van der Waals surface area (Å²) in [7, 11) is 0. The van der Waals surface area contributed by atoms with Gasteiger partial charge in [-0.1, -0.05) is 42.8 Å². The molecule has 2 rings (SSSR count). The second-order valence-electron chi connectivity index (χ2n) is 6.43. The first kappa shape index (κ1) is 18.1. The highest BCUT2D eigenvalue weighted by Gasteiger charge is 2.14. The molecule has 0 aliphatic heterocycles. The van der Waals surface area contributed by atoms with Gasteiger partial charge in [0.1, 0.15) is 5.75 Å². The van der Waals surface area contributed by atoms with Crippen molar-refractivity contribution in [3.05, 3.63) is 64.2 Å². The first-order valence-electron chi connectivity index (χ1n) is 8.47. The zero-order valence-corrected chi connectivity index (χ0v) is 15.3. The lowest BCUT2D eigenvalue weighted by atomic mass is 10.0. The Kier molecular flexibility index (Phi) is 6.02. The van der Waals surface area contributed by atoms with Crippen molar-refractivity contribution in [3.63, 3.8) is 0 Å². The van der Waals surface area contributed by atoms with Crippen LogP contribution in [0.1, 0.15) is 47.2 Å². The van der Waals surface area contributed by atoms with E-state index in [1.165, 1.54) is 11.1 Å². The van der Waals surface area contributed by atoms with Gasteiger partial charge in [0.05, 0.1) is 6.04 Å². The number of benzene rings is 2. The Morgan fingerprint density at radius 3 is 2.33 bits per heavy atom. The van der Waals surface area contributed by atoms with Crippen LogP contribution in [-0.2, 0) is 4.79 Å². The third-order valence-electron chi connectivity index (χ3n) is 4.35. The number of amides is 1. The summed E-state index contributed by atoms with van der Waals surface area (Å²) in [6.07, 6.45) is 0.845. The van der Waals surface area contributed by atoms with E-state index in [4.69, 9.17) is 4.74 Å². The molecule has 24 heavy (non-hydrogen) atoms. The summed E-state index contributed by atoms with van der Waals surface area (Å²) in [5, 5.41) is 3.06. The van der Waals surface area contributed by atoms with Crippen LogP contribution < -0.4 is 10.1 Å². The van der Waals surface area contributed by atoms with Crippen LogP contribution in [0.25, 0.3) is 0 Å². The number of aryl methyl sites for hydroxylation is 3. The second-order valence-corrected chi connectivity index (χ2v) is 6.43. The van der Waals surface area contributed by atoms with E-state index in [9.17, 15) is 4.79 Å². The Hall–Kier alpha value is -2.29. The molecule has 0 heterocycles. The van der Waals surface area contributed by atoms with Gasteiger partial charge in [-0.05, 0) is 62.4 Å². The fourth-order valence-corrected chi connectivity index (χ4v) is 2.75. The number of nitrogens with one attached hydrogen (secondary N) is 1. The topological polar surface area (TPSA) is 38.3 Å². The van der Waals surface area contributed by atoms with Crippen LogP contribution >= 0.6 is 0 Å². The highest BCUT2D eigenvalue weighted by atomic mass is 16.5. The number of carbonyl (C=O) groups is 1. The van der Waals surface area contributed by atoms with Gasteiger partial charge in [0.2, 0.25) is 0 Å². The van der Waals surface area contributed by atoms with Crippen molar-refractivity contribution in [2.24, 2.45) is 0 Å². The van der Waals surface area contributed by atoms with Gasteiger partial charge in [0, 0.05) is 0 Å². The minimum absolute atomic E-state index is 0.0158. The van der Waals surface area contributed by atoms with Crippen molar-refractivity contribution >= 4 is 5.91 Å². The van der Waals surface area contributed by atoms with Crippen LogP contribution in [0, 0.1) is 27.7 Å². The molecule has 3 nitrogen and oxygen atoms in total. The average Bonchev–Trinajstić information content (AvgIpc) is 2.55. The van der Waals surface area contributed by atoms with E-state index in [1.54, 1.807) is 0 Å². The quantitative estimate of drug-likeness (QED) is 0.845. The average molecular weight is 325 g/mol. The summed E-state index contributed by atoms with van der Waals surface area (Å²) < 4.78 is 5.75. The normalized spacial score (nSPS) is 11.9. The molecular formula is C21H27NO2. The molecule has 0 bridgehead atoms. The molecule has 0 radical (unpaired) electrons. The summed E-state index contributed by atoms with van der Waals surface area (Å²) in [6, 6.07) is 12.4. The van der Waals surface area contributed by atoms with Crippen LogP contribution in [0.2, 0.25) is 0 Å². The number of hydrogen-bond acceptors (Lipinski definition) is 2. The van der Waals surface area contributed by atoms with E-state index in [0.29, 0.717) is 0 Å². The SMILES string of the molecule is CC[C@H](NC(=O)COc1cc(C)cc(C)c1C)c1ccc(C)cc1. The van der Waals surface area contributed by atoms with Crippen molar-refractivity contribution in [1.29, 1.82) is 0 Å². The van der Waals surface area contributed by atoms with E-state index < -0.39 is 0 Å². The molecule has 128 valence electrons. The molecule has 1 amide bonds. The Morgan fingerprint density at radius 2 is 1.71 bits per heavy atom. The second kappa shape index (κ2) is 8.00. The molecule has 1 atom stereocenters. The highest BCUT2D eigenvalue weighted by molar-refractivity contribution is 5.78. The van der Waals surface area contributed by atoms with Crippen LogP contribution in [0.4, 0.5) is 0 Å². The maximum atomic E-state index is 12.3. The van der Waals surface area contributed by atoms with Crippen LogP contribution in [-0.4, -0.2) is 12.5 Å². The van der Waals surface area contributed by atoms with Crippen molar-refractivity contribution in [3.8, 4) is 5.75 Å². The lowest BCUT2D eigenvalue weighted by Gasteiger charge is -2.18. The molecule has 0 saturated carbocycles. The summed E-state index contributed by atoms with van der Waals surface area (Å²) in [4.78, 5) is 12.3. The van der Waals surface area contributed by atoms with Gasteiger partial charge in [0.15, 0.2) is 6.61 Å². The monoisotopic (exact) mass is 325 g/mol. The van der Waals surface area contributed by atoms with Gasteiger partial charge < -0.3 is 10.1 Å². The van der Waals surface area contributed by atoms with Gasteiger partial charge in [-0.3, -0.25) is 4.79 Å². The highest BCUT2D eigenvalue weighted by Crippen LogP contribution is 2.23. The Morgan fingerprint density at radius 1 is 1.04 bits per heavy atom. The molecule has 1 N–H and O–H groups in total. The standard InChI is InChI=1S/C21H27NO2/c1-6-19(18-9-7-14(2)8-10-18)22-21(23)13-24-20-12-15(3)11-16(4)17(20)5/h7-12,19H,6,13H2,1-5H3,(H,22,23)/t19-/m0/s1. The van der Waals surface area contributed by atoms with E-state index in [1.807, 2.05) is 19.9 Å². The third kappa shape index (κ3) is 4.60. The van der Waals surface area contributed by atoms with Gasteiger partial charge in [-0.2, -0.15) is 0 Å². The molecule has 0 aromatic heterocycles. The van der Waals surface area contributed by atoms with Gasteiger partial charge >= 0.3 is 0 Å². The molecule has 0 aliphatic rings. The van der Waals surface area contributed by atoms with Gasteiger partial charge in [0.25, 0.3) is 5.91 Å². The van der Waals surface area contributed by atoms with Gasteiger partial charge in [-0.25, -0.2) is 0 Å². The maximum absolute atomic E-state index is 12.3. The van der Waals surface area contributed by atoms with Crippen LogP contribution in [0.3, 0.4) is 0 Å². The Balaban J connectivity index is 1.98. The van der Waals surface area contributed by atoms with Crippen molar-refractivity contribution in [2.45, 2.75) is 47.1 Å². The lowest BCUT2D eigenvalue weighted by molar-refractivity contribution is -0.123. The molecule has 0 aliphatic carbocycles. The Bertz CT molecular complexity index is 705. The zero-order valence-electron chi connectivity index (χ0n) is 15.3. The van der Waals surface area contributed by atoms with Crippen LogP contribution in [0.5, 0.6) is 5.75 Å². The van der Waals surface area contributed by atoms with E-state index in [-0.39, 0.29) is 18.6 Å². The Labute approximate surface area is 145 Å². The molecule has 0 unspecified atom stereocenters. The van der Waals surface area contributed by atoms with Crippen molar-refractivity contribution < 1.29 is 9.53 Å². The first-order valence-corrected chi connectivity index (χ1v) is 8.47. The van der Waals surface area contributed by atoms with Crippen molar-refractivity contribution in [1.82, 2.24) is 5.32 Å². The zero-order chi connectivity index (χ0) is 17.7. The molecular weight excluding hydrogens is 298 g/mol. The maximum Gasteiger partial charge on any atom is 0.258 e. The summed E-state index contributed by atoms with van der Waals surface area (Å²) in [5.41, 5.74) is 5.74. The number of hydrogen-bond donors (Lipinski definition) is 1. The molecule has 3 heteroatoms. The number of carbonyl (C=O) groups excluding carboxylic acids is 1. The fourth-order valence-electron chi connectivity index (χ4n) is 2.75. The van der Waals surface area contributed by atoms with E-state index >= 15 is 0 Å². The predicted octanol–water partition coefficient (Wildman–Crippen LogP) is 4.57. The molecule has 2 aromatic carbocycles. The lowest BCUT2D eigenvalue weighted by Crippen LogP contribution is -2.32. The minimum Gasteiger partial charge on any atom is -0.483 e. The van der Waals surface area contributed by atoms with Crippen LogP contribution in [0.15, 0.2) is 36.4 Å². The fraction of sp³-hybridized carbons (Fsp3) is 0.381. The summed E-state index contributed by atoms with van der Waals surface area (Å²) in [5.74, 6) is 0.687. The minimum atomic E-state index is -0.0963. The van der Waals surface area contributed by atoms with E-state index in [0.717, 1.165) is 28.9 Å². The molecule has 0 spiro atoms. The van der Waals surface area contributed by atoms with Crippen molar-refractivity contribution in [2.75, 3.05) is 6.61 Å². The number of ether oxygens (including phenoxy) is 1. The molecule has 0 fully saturated rings. The predicted molar refractivity (Wildman–Crippen MR) is 98.5 cm³/mol. The van der Waals surface area contributed by atoms with E-state index in [2.05, 4.69) is 56.4 Å².